The Hall–Kier alpha value is -1.94. The van der Waals surface area contributed by atoms with E-state index in [2.05, 4.69) is 11.8 Å². The molecule has 1 aromatic carbocycles. The predicted octanol–water partition coefficient (Wildman–Crippen LogP) is 7.97. The summed E-state index contributed by atoms with van der Waals surface area (Å²) in [5.41, 5.74) is 2.45. The number of phenolic OH excluding ortho intramolecular Hbond substituents is 1. The third-order valence-corrected chi connectivity index (χ3v) is 6.58. The zero-order valence-electron chi connectivity index (χ0n) is 20.1. The minimum Gasteiger partial charge on any atom is -0.508 e. The number of rotatable bonds is 16. The van der Waals surface area contributed by atoms with Crippen molar-refractivity contribution < 1.29 is 14.3 Å². The van der Waals surface area contributed by atoms with Crippen LogP contribution in [0, 0.1) is 0 Å². The number of benzene rings is 1. The largest absolute Gasteiger partial charge is 0.508 e. The summed E-state index contributed by atoms with van der Waals surface area (Å²) >= 11 is 0. The Morgan fingerprint density at radius 1 is 0.875 bits per heavy atom. The standard InChI is InChI=1S/C28H43NO3/c1-2-3-4-5-6-7-8-9-10-11-12-13-14-16-24-19-25(30)20-28-27(24)22-29(23-32-28)21-26-17-15-18-31-26/h15,17-20,30H,2-14,16,21-23H2,1H3. The Labute approximate surface area is 195 Å². The minimum atomic E-state index is 0.313. The van der Waals surface area contributed by atoms with Crippen molar-refractivity contribution in [3.8, 4) is 11.5 Å². The maximum Gasteiger partial charge on any atom is 0.142 e. The van der Waals surface area contributed by atoms with Gasteiger partial charge in [-0.25, -0.2) is 0 Å². The molecule has 0 atom stereocenters. The van der Waals surface area contributed by atoms with Crippen molar-refractivity contribution in [1.29, 1.82) is 0 Å². The smallest absolute Gasteiger partial charge is 0.142 e. The number of furan rings is 1. The van der Waals surface area contributed by atoms with Crippen molar-refractivity contribution in [1.82, 2.24) is 4.90 Å². The molecule has 0 amide bonds. The first-order valence-electron chi connectivity index (χ1n) is 13.0. The minimum absolute atomic E-state index is 0.313. The zero-order chi connectivity index (χ0) is 22.4. The van der Waals surface area contributed by atoms with E-state index >= 15 is 0 Å². The molecule has 0 bridgehead atoms. The van der Waals surface area contributed by atoms with Gasteiger partial charge in [0.05, 0.1) is 12.8 Å². The number of phenols is 1. The van der Waals surface area contributed by atoms with Gasteiger partial charge in [-0.3, -0.25) is 4.90 Å². The lowest BCUT2D eigenvalue weighted by molar-refractivity contribution is 0.0815. The molecule has 4 nitrogen and oxygen atoms in total. The number of hydrogen-bond donors (Lipinski definition) is 1. The molecular weight excluding hydrogens is 398 g/mol. The van der Waals surface area contributed by atoms with E-state index in [1.165, 1.54) is 94.6 Å². The van der Waals surface area contributed by atoms with Crippen LogP contribution in [-0.4, -0.2) is 16.7 Å². The number of nitrogens with zero attached hydrogens (tertiary/aromatic N) is 1. The van der Waals surface area contributed by atoms with Gasteiger partial charge < -0.3 is 14.3 Å². The Kier molecular flexibility index (Phi) is 11.0. The van der Waals surface area contributed by atoms with E-state index in [1.807, 2.05) is 18.2 Å². The van der Waals surface area contributed by atoms with E-state index in [9.17, 15) is 5.11 Å². The summed E-state index contributed by atoms with van der Waals surface area (Å²) in [4.78, 5) is 2.24. The second-order valence-electron chi connectivity index (χ2n) is 9.41. The van der Waals surface area contributed by atoms with Crippen molar-refractivity contribution in [2.75, 3.05) is 6.73 Å². The van der Waals surface area contributed by atoms with Gasteiger partial charge in [0.1, 0.15) is 24.0 Å². The van der Waals surface area contributed by atoms with Crippen LogP contribution in [0.25, 0.3) is 0 Å². The molecule has 0 saturated heterocycles. The fraction of sp³-hybridized carbons (Fsp3) is 0.643. The molecule has 1 aliphatic rings. The lowest BCUT2D eigenvalue weighted by atomic mass is 9.98. The van der Waals surface area contributed by atoms with Crippen LogP contribution in [0.3, 0.4) is 0 Å². The SMILES string of the molecule is CCCCCCCCCCCCCCCc1cc(O)cc2c1CN(Cc1ccco1)CO2. The first-order valence-corrected chi connectivity index (χ1v) is 13.0. The molecule has 4 heteroatoms. The number of aromatic hydroxyl groups is 1. The summed E-state index contributed by atoms with van der Waals surface area (Å²) in [5, 5.41) is 10.1. The first-order chi connectivity index (χ1) is 15.8. The Bertz CT molecular complexity index is 756. The van der Waals surface area contributed by atoms with Gasteiger partial charge in [-0.05, 0) is 36.6 Å². The van der Waals surface area contributed by atoms with E-state index in [1.54, 1.807) is 12.3 Å². The van der Waals surface area contributed by atoms with Crippen molar-refractivity contribution in [2.24, 2.45) is 0 Å². The monoisotopic (exact) mass is 441 g/mol. The van der Waals surface area contributed by atoms with Crippen molar-refractivity contribution in [3.05, 3.63) is 47.4 Å². The summed E-state index contributed by atoms with van der Waals surface area (Å²) in [5.74, 6) is 2.10. The maximum absolute atomic E-state index is 10.1. The molecule has 0 aliphatic carbocycles. The average Bonchev–Trinajstić information content (AvgIpc) is 3.30. The molecule has 1 aliphatic heterocycles. The molecule has 1 N–H and O–H groups in total. The van der Waals surface area contributed by atoms with Crippen LogP contribution in [0.2, 0.25) is 0 Å². The van der Waals surface area contributed by atoms with E-state index < -0.39 is 0 Å². The van der Waals surface area contributed by atoms with Gasteiger partial charge in [0.2, 0.25) is 0 Å². The number of aryl methyl sites for hydroxylation is 1. The molecule has 0 fully saturated rings. The predicted molar refractivity (Wildman–Crippen MR) is 131 cm³/mol. The number of ether oxygens (including phenoxy) is 1. The molecule has 0 spiro atoms. The highest BCUT2D eigenvalue weighted by Crippen LogP contribution is 2.34. The highest BCUT2D eigenvalue weighted by molar-refractivity contribution is 5.47. The van der Waals surface area contributed by atoms with Crippen molar-refractivity contribution in [3.63, 3.8) is 0 Å². The van der Waals surface area contributed by atoms with Gasteiger partial charge in [0, 0.05) is 18.2 Å². The molecule has 0 radical (unpaired) electrons. The molecule has 1 aromatic heterocycles. The van der Waals surface area contributed by atoms with Gasteiger partial charge in [0.25, 0.3) is 0 Å². The lowest BCUT2D eigenvalue weighted by Gasteiger charge is -2.30. The molecule has 2 heterocycles. The zero-order valence-corrected chi connectivity index (χ0v) is 20.1. The van der Waals surface area contributed by atoms with Crippen molar-refractivity contribution in [2.45, 2.75) is 110 Å². The second kappa shape index (κ2) is 14.3. The lowest BCUT2D eigenvalue weighted by Crippen LogP contribution is -2.32. The third kappa shape index (κ3) is 8.54. The highest BCUT2D eigenvalue weighted by Gasteiger charge is 2.22. The molecule has 0 saturated carbocycles. The maximum atomic E-state index is 10.1. The van der Waals surface area contributed by atoms with E-state index in [-0.39, 0.29) is 0 Å². The summed E-state index contributed by atoms with van der Waals surface area (Å²) in [6.07, 6.45) is 20.5. The van der Waals surface area contributed by atoms with Crippen LogP contribution < -0.4 is 4.74 Å². The van der Waals surface area contributed by atoms with Gasteiger partial charge in [0.15, 0.2) is 0 Å². The second-order valence-corrected chi connectivity index (χ2v) is 9.41. The molecule has 2 aromatic rings. The molecule has 32 heavy (non-hydrogen) atoms. The van der Waals surface area contributed by atoms with Gasteiger partial charge >= 0.3 is 0 Å². The van der Waals surface area contributed by atoms with Gasteiger partial charge in [-0.15, -0.1) is 0 Å². The van der Waals surface area contributed by atoms with Crippen LogP contribution in [-0.2, 0) is 19.5 Å². The number of fused-ring (bicyclic) bond motifs is 1. The van der Waals surface area contributed by atoms with Crippen LogP contribution in [0.4, 0.5) is 0 Å². The normalized spacial score (nSPS) is 13.8. The Morgan fingerprint density at radius 2 is 1.53 bits per heavy atom. The molecule has 0 unspecified atom stereocenters. The fourth-order valence-electron chi connectivity index (χ4n) is 4.71. The summed E-state index contributed by atoms with van der Waals surface area (Å²) in [6.45, 7) is 4.38. The topological polar surface area (TPSA) is 45.8 Å². The number of unbranched alkanes of at least 4 members (excludes halogenated alkanes) is 12. The summed E-state index contributed by atoms with van der Waals surface area (Å²) in [6, 6.07) is 7.61. The van der Waals surface area contributed by atoms with Crippen LogP contribution in [0.5, 0.6) is 11.5 Å². The van der Waals surface area contributed by atoms with Crippen molar-refractivity contribution >= 4 is 0 Å². The Balaban J connectivity index is 1.31. The first kappa shape index (κ1) is 24.7. The molecule has 178 valence electrons. The average molecular weight is 442 g/mol. The van der Waals surface area contributed by atoms with E-state index in [4.69, 9.17) is 9.15 Å². The van der Waals surface area contributed by atoms with Gasteiger partial charge in [-0.1, -0.05) is 84.0 Å². The number of hydrogen-bond acceptors (Lipinski definition) is 4. The van der Waals surface area contributed by atoms with Gasteiger partial charge in [-0.2, -0.15) is 0 Å². The third-order valence-electron chi connectivity index (χ3n) is 6.58. The Morgan fingerprint density at radius 3 is 2.16 bits per heavy atom. The fourth-order valence-corrected chi connectivity index (χ4v) is 4.71. The van der Waals surface area contributed by atoms with Crippen LogP contribution >= 0.6 is 0 Å². The molecule has 3 rings (SSSR count). The van der Waals surface area contributed by atoms with E-state index in [0.717, 1.165) is 31.0 Å². The quantitative estimate of drug-likeness (QED) is 0.268. The highest BCUT2D eigenvalue weighted by atomic mass is 16.5. The molecular formula is C28H43NO3. The summed E-state index contributed by atoms with van der Waals surface area (Å²) < 4.78 is 11.4. The van der Waals surface area contributed by atoms with Crippen LogP contribution in [0.15, 0.2) is 34.9 Å². The van der Waals surface area contributed by atoms with Crippen LogP contribution in [0.1, 0.15) is 107 Å². The van der Waals surface area contributed by atoms with E-state index in [0.29, 0.717) is 12.5 Å². The summed E-state index contributed by atoms with van der Waals surface area (Å²) in [7, 11) is 0.